The Morgan fingerprint density at radius 3 is 2.83 bits per heavy atom. The van der Waals surface area contributed by atoms with E-state index in [0.29, 0.717) is 6.54 Å². The number of rotatable bonds is 2. The van der Waals surface area contributed by atoms with Crippen LogP contribution < -0.4 is 0 Å². The molecule has 18 heavy (non-hydrogen) atoms. The zero-order valence-corrected chi connectivity index (χ0v) is 10.00. The van der Waals surface area contributed by atoms with Crippen LogP contribution in [0, 0.1) is 10.1 Å². The maximum Gasteiger partial charge on any atom is 0.282 e. The van der Waals surface area contributed by atoms with Gasteiger partial charge in [-0.1, -0.05) is 0 Å². The normalized spacial score (nSPS) is 18.9. The minimum atomic E-state index is -0.604. The monoisotopic (exact) mass is 250 g/mol. The Labute approximate surface area is 104 Å². The average molecular weight is 250 g/mol. The third-order valence-electron chi connectivity index (χ3n) is 3.22. The van der Waals surface area contributed by atoms with Crippen LogP contribution in [-0.2, 0) is 0 Å². The molecule has 0 aliphatic carbocycles. The van der Waals surface area contributed by atoms with Crippen LogP contribution in [0.2, 0.25) is 0 Å². The van der Waals surface area contributed by atoms with Gasteiger partial charge in [0.05, 0.1) is 4.92 Å². The lowest BCUT2D eigenvalue weighted by Gasteiger charge is -2.21. The summed E-state index contributed by atoms with van der Waals surface area (Å²) in [5.74, 6) is -0.529. The average Bonchev–Trinajstić information content (AvgIpc) is 2.74. The van der Waals surface area contributed by atoms with Crippen molar-refractivity contribution in [2.24, 2.45) is 0 Å². The largest absolute Gasteiger partial charge is 0.508 e. The van der Waals surface area contributed by atoms with Crippen molar-refractivity contribution < 1.29 is 14.8 Å². The van der Waals surface area contributed by atoms with Gasteiger partial charge < -0.3 is 10.0 Å². The van der Waals surface area contributed by atoms with Gasteiger partial charge in [0.25, 0.3) is 11.6 Å². The van der Waals surface area contributed by atoms with E-state index in [1.54, 1.807) is 4.90 Å². The van der Waals surface area contributed by atoms with Gasteiger partial charge in [0.1, 0.15) is 11.3 Å². The topological polar surface area (TPSA) is 83.7 Å². The smallest absolute Gasteiger partial charge is 0.282 e. The summed E-state index contributed by atoms with van der Waals surface area (Å²) in [6.07, 6.45) is 1.80. The molecule has 0 saturated carbocycles. The predicted octanol–water partition coefficient (Wildman–Crippen LogP) is 1.92. The molecule has 1 fully saturated rings. The van der Waals surface area contributed by atoms with Crippen molar-refractivity contribution in [3.8, 4) is 5.75 Å². The van der Waals surface area contributed by atoms with E-state index >= 15 is 0 Å². The summed E-state index contributed by atoms with van der Waals surface area (Å²) in [4.78, 5) is 24.1. The standard InChI is InChI=1S/C12H14N2O4/c1-8-3-2-6-13(8)12(16)10-7-9(15)4-5-11(10)14(17)18/h4-5,7-8,15H,2-3,6H2,1H3. The minimum absolute atomic E-state index is 0.0475. The number of nitrogens with zero attached hydrogens (tertiary/aromatic N) is 2. The Hall–Kier alpha value is -2.11. The molecule has 1 aromatic rings. The Bertz CT molecular complexity index is 501. The Kier molecular flexibility index (Phi) is 3.18. The number of carbonyl (C=O) groups excluding carboxylic acids is 1. The zero-order valence-electron chi connectivity index (χ0n) is 10.00. The first-order chi connectivity index (χ1) is 8.50. The zero-order chi connectivity index (χ0) is 13.3. The second-order valence-corrected chi connectivity index (χ2v) is 4.45. The van der Waals surface area contributed by atoms with Crippen LogP contribution >= 0.6 is 0 Å². The van der Waals surface area contributed by atoms with E-state index in [2.05, 4.69) is 0 Å². The number of nitro benzene ring substituents is 1. The molecule has 1 heterocycles. The van der Waals surface area contributed by atoms with Crippen molar-refractivity contribution in [1.82, 2.24) is 4.90 Å². The molecule has 0 radical (unpaired) electrons. The van der Waals surface area contributed by atoms with Crippen molar-refractivity contribution in [3.05, 3.63) is 33.9 Å². The summed E-state index contributed by atoms with van der Waals surface area (Å²) in [7, 11) is 0. The van der Waals surface area contributed by atoms with Gasteiger partial charge in [-0.15, -0.1) is 0 Å². The van der Waals surface area contributed by atoms with Crippen molar-refractivity contribution >= 4 is 11.6 Å². The number of hydrogen-bond acceptors (Lipinski definition) is 4. The lowest BCUT2D eigenvalue weighted by Crippen LogP contribution is -2.33. The number of phenols is 1. The number of nitro groups is 1. The maximum absolute atomic E-state index is 12.2. The van der Waals surface area contributed by atoms with Crippen LogP contribution in [0.1, 0.15) is 30.1 Å². The molecular weight excluding hydrogens is 236 g/mol. The second-order valence-electron chi connectivity index (χ2n) is 4.45. The molecule has 1 aliphatic heterocycles. The highest BCUT2D eigenvalue weighted by Crippen LogP contribution is 2.27. The van der Waals surface area contributed by atoms with Gasteiger partial charge in [0, 0.05) is 18.7 Å². The van der Waals surface area contributed by atoms with Gasteiger partial charge in [-0.05, 0) is 31.9 Å². The van der Waals surface area contributed by atoms with E-state index in [4.69, 9.17) is 0 Å². The molecule has 6 heteroatoms. The van der Waals surface area contributed by atoms with E-state index in [-0.39, 0.29) is 28.9 Å². The molecule has 96 valence electrons. The number of likely N-dealkylation sites (tertiary alicyclic amines) is 1. The summed E-state index contributed by atoms with van der Waals surface area (Å²) >= 11 is 0. The highest BCUT2D eigenvalue weighted by molar-refractivity contribution is 5.98. The number of aromatic hydroxyl groups is 1. The first kappa shape index (κ1) is 12.3. The maximum atomic E-state index is 12.2. The molecule has 0 aromatic heterocycles. The van der Waals surface area contributed by atoms with Crippen LogP contribution in [0.3, 0.4) is 0 Å². The SMILES string of the molecule is CC1CCCN1C(=O)c1cc(O)ccc1[N+](=O)[O-]. The van der Waals surface area contributed by atoms with Gasteiger partial charge >= 0.3 is 0 Å². The van der Waals surface area contributed by atoms with Gasteiger partial charge in [-0.3, -0.25) is 14.9 Å². The highest BCUT2D eigenvalue weighted by Gasteiger charge is 2.30. The number of carbonyl (C=O) groups is 1. The molecule has 1 atom stereocenters. The minimum Gasteiger partial charge on any atom is -0.508 e. The molecule has 1 aromatic carbocycles. The molecule has 1 N–H and O–H groups in total. The summed E-state index contributed by atoms with van der Waals surface area (Å²) in [6, 6.07) is 3.61. The van der Waals surface area contributed by atoms with Crippen LogP contribution in [0.25, 0.3) is 0 Å². The van der Waals surface area contributed by atoms with Crippen LogP contribution in [0.5, 0.6) is 5.75 Å². The van der Waals surface area contributed by atoms with Gasteiger partial charge in [0.15, 0.2) is 0 Å². The molecule has 1 saturated heterocycles. The van der Waals surface area contributed by atoms with E-state index < -0.39 is 4.92 Å². The third kappa shape index (κ3) is 2.13. The third-order valence-corrected chi connectivity index (χ3v) is 3.22. The van der Waals surface area contributed by atoms with E-state index in [9.17, 15) is 20.0 Å². The fourth-order valence-electron chi connectivity index (χ4n) is 2.24. The molecule has 1 unspecified atom stereocenters. The van der Waals surface area contributed by atoms with E-state index in [0.717, 1.165) is 25.0 Å². The first-order valence-corrected chi connectivity index (χ1v) is 5.79. The molecule has 1 aliphatic rings. The van der Waals surface area contributed by atoms with Crippen molar-refractivity contribution in [2.45, 2.75) is 25.8 Å². The Balaban J connectivity index is 2.40. The summed E-state index contributed by atoms with van der Waals surface area (Å²) in [5.41, 5.74) is -0.314. The van der Waals surface area contributed by atoms with E-state index in [1.165, 1.54) is 6.07 Å². The first-order valence-electron chi connectivity index (χ1n) is 5.79. The van der Waals surface area contributed by atoms with Crippen molar-refractivity contribution in [1.29, 1.82) is 0 Å². The second kappa shape index (κ2) is 4.64. The van der Waals surface area contributed by atoms with Gasteiger partial charge in [-0.25, -0.2) is 0 Å². The number of hydrogen-bond donors (Lipinski definition) is 1. The molecule has 6 nitrogen and oxygen atoms in total. The fraction of sp³-hybridized carbons (Fsp3) is 0.417. The Morgan fingerprint density at radius 1 is 1.56 bits per heavy atom. The quantitative estimate of drug-likeness (QED) is 0.642. The highest BCUT2D eigenvalue weighted by atomic mass is 16.6. The predicted molar refractivity (Wildman–Crippen MR) is 64.5 cm³/mol. The number of phenolic OH excluding ortho intramolecular Hbond substituents is 1. The lowest BCUT2D eigenvalue weighted by molar-refractivity contribution is -0.385. The van der Waals surface area contributed by atoms with Crippen LogP contribution in [-0.4, -0.2) is 33.4 Å². The summed E-state index contributed by atoms with van der Waals surface area (Å²) in [6.45, 7) is 2.52. The van der Waals surface area contributed by atoms with Gasteiger partial charge in [0.2, 0.25) is 0 Å². The molecule has 1 amide bonds. The molecule has 0 spiro atoms. The van der Waals surface area contributed by atoms with Crippen molar-refractivity contribution in [2.75, 3.05) is 6.54 Å². The Morgan fingerprint density at radius 2 is 2.28 bits per heavy atom. The summed E-state index contributed by atoms with van der Waals surface area (Å²) < 4.78 is 0. The molecular formula is C12H14N2O4. The number of amides is 1. The molecule has 2 rings (SSSR count). The summed E-state index contributed by atoms with van der Waals surface area (Å²) in [5, 5.41) is 20.3. The van der Waals surface area contributed by atoms with Gasteiger partial charge in [-0.2, -0.15) is 0 Å². The van der Waals surface area contributed by atoms with Crippen LogP contribution in [0.4, 0.5) is 5.69 Å². The van der Waals surface area contributed by atoms with Crippen LogP contribution in [0.15, 0.2) is 18.2 Å². The van der Waals surface area contributed by atoms with E-state index in [1.807, 2.05) is 6.92 Å². The molecule has 0 bridgehead atoms. The van der Waals surface area contributed by atoms with Crippen molar-refractivity contribution in [3.63, 3.8) is 0 Å². The number of benzene rings is 1. The lowest BCUT2D eigenvalue weighted by atomic mass is 10.1. The fourth-order valence-corrected chi connectivity index (χ4v) is 2.24.